The zero-order valence-electron chi connectivity index (χ0n) is 14.9. The Morgan fingerprint density at radius 1 is 1.08 bits per heavy atom. The van der Waals surface area contributed by atoms with Gasteiger partial charge in [-0.15, -0.1) is 0 Å². The molecule has 0 bridgehead atoms. The topological polar surface area (TPSA) is 75.6 Å². The first-order chi connectivity index (χ1) is 12.5. The molecule has 0 spiro atoms. The zero-order chi connectivity index (χ0) is 18.7. The van der Waals surface area contributed by atoms with Gasteiger partial charge in [0.1, 0.15) is 12.6 Å². The van der Waals surface area contributed by atoms with Crippen molar-refractivity contribution >= 4 is 12.1 Å². The van der Waals surface area contributed by atoms with Gasteiger partial charge in [0.2, 0.25) is 0 Å². The summed E-state index contributed by atoms with van der Waals surface area (Å²) in [6.45, 7) is 3.86. The second-order valence-corrected chi connectivity index (χ2v) is 6.67. The molecule has 2 aromatic carbocycles. The quantitative estimate of drug-likeness (QED) is 0.822. The lowest BCUT2D eigenvalue weighted by Gasteiger charge is -2.21. The van der Waals surface area contributed by atoms with Crippen molar-refractivity contribution in [1.82, 2.24) is 5.32 Å². The number of benzene rings is 2. The lowest BCUT2D eigenvalue weighted by atomic mass is 9.98. The molecular formula is C21H23NO4. The van der Waals surface area contributed by atoms with E-state index in [4.69, 9.17) is 4.74 Å². The number of carboxylic acid groups (broad SMARTS) is 1. The Labute approximate surface area is 153 Å². The molecule has 2 atom stereocenters. The van der Waals surface area contributed by atoms with E-state index in [0.29, 0.717) is 6.42 Å². The van der Waals surface area contributed by atoms with Crippen LogP contribution < -0.4 is 5.32 Å². The van der Waals surface area contributed by atoms with Crippen molar-refractivity contribution in [3.05, 3.63) is 59.7 Å². The molecule has 1 amide bonds. The number of carboxylic acids is 1. The van der Waals surface area contributed by atoms with Crippen LogP contribution in [0.15, 0.2) is 48.5 Å². The highest BCUT2D eigenvalue weighted by atomic mass is 16.5. The van der Waals surface area contributed by atoms with E-state index in [0.717, 1.165) is 22.3 Å². The Balaban J connectivity index is 1.72. The fourth-order valence-electron chi connectivity index (χ4n) is 3.45. The summed E-state index contributed by atoms with van der Waals surface area (Å²) < 4.78 is 5.40. The van der Waals surface area contributed by atoms with Gasteiger partial charge < -0.3 is 15.2 Å². The van der Waals surface area contributed by atoms with Crippen molar-refractivity contribution in [3.8, 4) is 11.1 Å². The highest BCUT2D eigenvalue weighted by molar-refractivity contribution is 5.81. The predicted molar refractivity (Wildman–Crippen MR) is 99.1 cm³/mol. The molecule has 1 aliphatic rings. The second kappa shape index (κ2) is 7.60. The molecule has 3 rings (SSSR count). The Hall–Kier alpha value is -2.82. The summed E-state index contributed by atoms with van der Waals surface area (Å²) in [4.78, 5) is 23.5. The van der Waals surface area contributed by atoms with Crippen LogP contribution in [0.4, 0.5) is 4.79 Å². The molecule has 1 aliphatic carbocycles. The maximum absolute atomic E-state index is 12.2. The van der Waals surface area contributed by atoms with Crippen molar-refractivity contribution in [2.75, 3.05) is 6.61 Å². The molecule has 0 radical (unpaired) electrons. The third kappa shape index (κ3) is 3.43. The van der Waals surface area contributed by atoms with Gasteiger partial charge >= 0.3 is 12.1 Å². The maximum Gasteiger partial charge on any atom is 0.407 e. The minimum absolute atomic E-state index is 0.0416. The van der Waals surface area contributed by atoms with Gasteiger partial charge in [-0.2, -0.15) is 0 Å². The first kappa shape index (κ1) is 18.0. The number of rotatable bonds is 6. The first-order valence-electron chi connectivity index (χ1n) is 8.87. The number of ether oxygens (including phenoxy) is 1. The number of nitrogens with one attached hydrogen (secondary N) is 1. The maximum atomic E-state index is 12.2. The van der Waals surface area contributed by atoms with E-state index < -0.39 is 18.1 Å². The molecule has 5 heteroatoms. The Morgan fingerprint density at radius 3 is 2.12 bits per heavy atom. The molecule has 0 aliphatic heterocycles. The summed E-state index contributed by atoms with van der Waals surface area (Å²) in [5.74, 6) is -1.26. The molecule has 0 saturated carbocycles. The van der Waals surface area contributed by atoms with Gasteiger partial charge in [-0.05, 0) is 28.2 Å². The lowest BCUT2D eigenvalue weighted by Crippen LogP contribution is -2.45. The van der Waals surface area contributed by atoms with Crippen LogP contribution in [0.5, 0.6) is 0 Å². The predicted octanol–water partition coefficient (Wildman–Crippen LogP) is 4.02. The van der Waals surface area contributed by atoms with E-state index >= 15 is 0 Å². The molecule has 0 aromatic heterocycles. The van der Waals surface area contributed by atoms with E-state index in [1.165, 1.54) is 0 Å². The number of hydrogen-bond acceptors (Lipinski definition) is 3. The van der Waals surface area contributed by atoms with E-state index in [1.54, 1.807) is 6.92 Å². The Bertz CT molecular complexity index is 772. The summed E-state index contributed by atoms with van der Waals surface area (Å²) in [5, 5.41) is 11.8. The Kier molecular flexibility index (Phi) is 5.26. The summed E-state index contributed by atoms with van der Waals surface area (Å²) in [7, 11) is 0. The van der Waals surface area contributed by atoms with Crippen LogP contribution in [0.3, 0.4) is 0 Å². The van der Waals surface area contributed by atoms with Gasteiger partial charge in [0, 0.05) is 5.92 Å². The summed E-state index contributed by atoms with van der Waals surface area (Å²) in [6.07, 6.45) is -0.0415. The van der Waals surface area contributed by atoms with Gasteiger partial charge in [0.15, 0.2) is 0 Å². The molecule has 0 heterocycles. The van der Waals surface area contributed by atoms with Crippen LogP contribution >= 0.6 is 0 Å². The van der Waals surface area contributed by atoms with Crippen molar-refractivity contribution in [2.45, 2.75) is 32.2 Å². The van der Waals surface area contributed by atoms with E-state index in [1.807, 2.05) is 43.3 Å². The fourth-order valence-corrected chi connectivity index (χ4v) is 3.45. The van der Waals surface area contributed by atoms with Crippen LogP contribution in [0.1, 0.15) is 37.3 Å². The Morgan fingerprint density at radius 2 is 1.62 bits per heavy atom. The van der Waals surface area contributed by atoms with Gasteiger partial charge in [0.25, 0.3) is 0 Å². The fraction of sp³-hybridized carbons (Fsp3) is 0.333. The van der Waals surface area contributed by atoms with Crippen molar-refractivity contribution < 1.29 is 19.4 Å². The highest BCUT2D eigenvalue weighted by Crippen LogP contribution is 2.44. The summed E-state index contributed by atoms with van der Waals surface area (Å²) >= 11 is 0. The van der Waals surface area contributed by atoms with Crippen LogP contribution in [0.25, 0.3) is 11.1 Å². The molecule has 0 fully saturated rings. The molecule has 5 nitrogen and oxygen atoms in total. The highest BCUT2D eigenvalue weighted by Gasteiger charge is 2.30. The number of hydrogen-bond donors (Lipinski definition) is 2. The van der Waals surface area contributed by atoms with Gasteiger partial charge in [0.05, 0.1) is 0 Å². The molecule has 2 N–H and O–H groups in total. The standard InChI is InChI=1S/C21H23NO4/c1-3-13(2)19(20(23)24)22-21(25)26-12-18-16-10-6-4-8-14(16)15-9-5-7-11-17(15)18/h4-11,13,18-19H,3,12H2,1-2H3,(H,22,25)(H,23,24)/t13-,19?/m1/s1. The molecule has 136 valence electrons. The van der Waals surface area contributed by atoms with Crippen LogP contribution in [-0.2, 0) is 9.53 Å². The zero-order valence-corrected chi connectivity index (χ0v) is 14.9. The van der Waals surface area contributed by atoms with Crippen molar-refractivity contribution in [1.29, 1.82) is 0 Å². The molecule has 2 aromatic rings. The second-order valence-electron chi connectivity index (χ2n) is 6.67. The summed E-state index contributed by atoms with van der Waals surface area (Å²) in [6, 6.07) is 15.2. The number of carbonyl (C=O) groups is 2. The van der Waals surface area contributed by atoms with Crippen molar-refractivity contribution in [2.24, 2.45) is 5.92 Å². The van der Waals surface area contributed by atoms with E-state index in [-0.39, 0.29) is 18.4 Å². The smallest absolute Gasteiger partial charge is 0.407 e. The molecule has 0 saturated heterocycles. The van der Waals surface area contributed by atoms with Crippen molar-refractivity contribution in [3.63, 3.8) is 0 Å². The average molecular weight is 353 g/mol. The number of amides is 1. The van der Waals surface area contributed by atoms with E-state index in [9.17, 15) is 14.7 Å². The van der Waals surface area contributed by atoms with Gasteiger partial charge in [-0.3, -0.25) is 0 Å². The molecule has 26 heavy (non-hydrogen) atoms. The monoisotopic (exact) mass is 353 g/mol. The number of carbonyl (C=O) groups excluding carboxylic acids is 1. The SMILES string of the molecule is CC[C@@H](C)C(NC(=O)OCC1c2ccccc2-c2ccccc21)C(=O)O. The number of aliphatic carboxylic acids is 1. The number of fused-ring (bicyclic) bond motifs is 3. The largest absolute Gasteiger partial charge is 0.480 e. The number of alkyl carbamates (subject to hydrolysis) is 1. The van der Waals surface area contributed by atoms with Crippen LogP contribution in [-0.4, -0.2) is 29.8 Å². The third-order valence-corrected chi connectivity index (χ3v) is 5.10. The minimum atomic E-state index is -1.05. The average Bonchev–Trinajstić information content (AvgIpc) is 2.97. The molecule has 1 unspecified atom stereocenters. The van der Waals surface area contributed by atoms with Gasteiger partial charge in [-0.25, -0.2) is 9.59 Å². The van der Waals surface area contributed by atoms with Crippen LogP contribution in [0.2, 0.25) is 0 Å². The summed E-state index contributed by atoms with van der Waals surface area (Å²) in [5.41, 5.74) is 4.55. The van der Waals surface area contributed by atoms with Gasteiger partial charge in [-0.1, -0.05) is 68.8 Å². The van der Waals surface area contributed by atoms with E-state index in [2.05, 4.69) is 17.4 Å². The minimum Gasteiger partial charge on any atom is -0.480 e. The lowest BCUT2D eigenvalue weighted by molar-refractivity contribution is -0.140. The normalized spacial score (nSPS) is 14.8. The third-order valence-electron chi connectivity index (χ3n) is 5.10. The van der Waals surface area contributed by atoms with Crippen LogP contribution in [0, 0.1) is 5.92 Å². The first-order valence-corrected chi connectivity index (χ1v) is 8.87. The molecular weight excluding hydrogens is 330 g/mol.